The molecule has 1 heterocycles. The van der Waals surface area contributed by atoms with E-state index in [2.05, 4.69) is 10.3 Å². The van der Waals surface area contributed by atoms with Crippen LogP contribution in [0.1, 0.15) is 37.6 Å². The first-order chi connectivity index (χ1) is 13.7. The van der Waals surface area contributed by atoms with Gasteiger partial charge in [-0.05, 0) is 44.5 Å². The lowest BCUT2D eigenvalue weighted by atomic mass is 10.2. The number of aromatic nitrogens is 1. The lowest BCUT2D eigenvalue weighted by Gasteiger charge is -2.22. The molecule has 2 amide bonds. The Morgan fingerprint density at radius 1 is 1.17 bits per heavy atom. The molecule has 6 nitrogen and oxygen atoms in total. The summed E-state index contributed by atoms with van der Waals surface area (Å²) in [6.45, 7) is 5.87. The van der Waals surface area contributed by atoms with Crippen molar-refractivity contribution < 1.29 is 14.3 Å². The summed E-state index contributed by atoms with van der Waals surface area (Å²) in [5.41, 5.74) is 0.696. The van der Waals surface area contributed by atoms with E-state index in [0.717, 1.165) is 0 Å². The zero-order valence-corrected chi connectivity index (χ0v) is 18.6. The van der Waals surface area contributed by atoms with Gasteiger partial charge in [-0.25, -0.2) is 4.98 Å². The van der Waals surface area contributed by atoms with Gasteiger partial charge in [0.1, 0.15) is 11.6 Å². The van der Waals surface area contributed by atoms with E-state index in [1.54, 1.807) is 12.1 Å². The van der Waals surface area contributed by atoms with Crippen molar-refractivity contribution in [2.45, 2.75) is 33.3 Å². The molecule has 0 aliphatic rings. The molecule has 156 valence electrons. The van der Waals surface area contributed by atoms with Crippen molar-refractivity contribution in [3.63, 3.8) is 0 Å². The number of amides is 2. The molecule has 9 heteroatoms. The third-order valence-electron chi connectivity index (χ3n) is 3.72. The maximum atomic E-state index is 12.9. The molecule has 0 bridgehead atoms. The Balaban J connectivity index is 2.12. The van der Waals surface area contributed by atoms with Crippen LogP contribution in [0.2, 0.25) is 15.1 Å². The molecule has 1 aromatic carbocycles. The minimum Gasteiger partial charge on any atom is -0.474 e. The van der Waals surface area contributed by atoms with Gasteiger partial charge in [0.25, 0.3) is 5.91 Å². The van der Waals surface area contributed by atoms with Crippen LogP contribution in [0.3, 0.4) is 0 Å². The summed E-state index contributed by atoms with van der Waals surface area (Å²) in [6.07, 6.45) is 1.97. The number of carbonyl (C=O) groups excluding carboxylic acids is 2. The highest BCUT2D eigenvalue weighted by atomic mass is 35.5. The maximum absolute atomic E-state index is 12.9. The van der Waals surface area contributed by atoms with Crippen LogP contribution in [0.25, 0.3) is 0 Å². The van der Waals surface area contributed by atoms with Crippen molar-refractivity contribution >= 4 is 52.3 Å². The Morgan fingerprint density at radius 2 is 1.90 bits per heavy atom. The van der Waals surface area contributed by atoms with Gasteiger partial charge in [0.2, 0.25) is 11.8 Å². The summed E-state index contributed by atoms with van der Waals surface area (Å²) in [6, 6.07) is 6.24. The molecule has 0 aliphatic heterocycles. The van der Waals surface area contributed by atoms with Gasteiger partial charge in [-0.15, -0.1) is 0 Å². The highest BCUT2D eigenvalue weighted by Gasteiger charge is 2.20. The predicted octanol–water partition coefficient (Wildman–Crippen LogP) is 5.32. The van der Waals surface area contributed by atoms with Crippen LogP contribution in [-0.2, 0) is 4.79 Å². The zero-order chi connectivity index (χ0) is 21.6. The predicted molar refractivity (Wildman–Crippen MR) is 116 cm³/mol. The van der Waals surface area contributed by atoms with Gasteiger partial charge < -0.3 is 15.0 Å². The van der Waals surface area contributed by atoms with E-state index in [-0.39, 0.29) is 40.9 Å². The summed E-state index contributed by atoms with van der Waals surface area (Å²) in [7, 11) is 0. The van der Waals surface area contributed by atoms with E-state index in [0.29, 0.717) is 28.7 Å². The molecule has 29 heavy (non-hydrogen) atoms. The topological polar surface area (TPSA) is 71.5 Å². The standard InChI is InChI=1S/C20H22Cl3N3O3/c1-4-7-26(11-18(27)25-17-6-5-14(21)9-15(17)22)20(28)13-8-16(23)19(24-10-13)29-12(2)3/h5-6,8-10,12H,4,7,11H2,1-3H3,(H,25,27). The molecule has 0 unspecified atom stereocenters. The number of pyridine rings is 1. The monoisotopic (exact) mass is 457 g/mol. The fraction of sp³-hybridized carbons (Fsp3) is 0.350. The van der Waals surface area contributed by atoms with Crippen molar-refractivity contribution in [3.8, 4) is 5.88 Å². The molecular weight excluding hydrogens is 437 g/mol. The number of nitrogens with zero attached hydrogens (tertiary/aromatic N) is 2. The summed E-state index contributed by atoms with van der Waals surface area (Å²) < 4.78 is 5.48. The Hall–Kier alpha value is -2.02. The number of benzene rings is 1. The molecule has 2 aromatic rings. The number of anilines is 1. The minimum atomic E-state index is -0.380. The number of hydrogen-bond donors (Lipinski definition) is 1. The maximum Gasteiger partial charge on any atom is 0.255 e. The highest BCUT2D eigenvalue weighted by Crippen LogP contribution is 2.26. The van der Waals surface area contributed by atoms with Crippen molar-refractivity contribution in [1.29, 1.82) is 0 Å². The first kappa shape index (κ1) is 23.3. The minimum absolute atomic E-state index is 0.0958. The number of halogens is 3. The second-order valence-corrected chi connectivity index (χ2v) is 7.83. The molecule has 0 saturated heterocycles. The average molecular weight is 459 g/mol. The van der Waals surface area contributed by atoms with E-state index < -0.39 is 0 Å². The van der Waals surface area contributed by atoms with Crippen molar-refractivity contribution in [2.75, 3.05) is 18.4 Å². The van der Waals surface area contributed by atoms with Gasteiger partial charge in [-0.3, -0.25) is 9.59 Å². The van der Waals surface area contributed by atoms with Crippen LogP contribution in [0, 0.1) is 0 Å². The Kier molecular flexibility index (Phi) is 8.56. The number of ether oxygens (including phenoxy) is 1. The third-order valence-corrected chi connectivity index (χ3v) is 4.54. The molecule has 0 fully saturated rings. The molecule has 0 spiro atoms. The Morgan fingerprint density at radius 3 is 2.48 bits per heavy atom. The zero-order valence-electron chi connectivity index (χ0n) is 16.3. The average Bonchev–Trinajstić information content (AvgIpc) is 2.64. The van der Waals surface area contributed by atoms with E-state index in [4.69, 9.17) is 39.5 Å². The number of carbonyl (C=O) groups is 2. The largest absolute Gasteiger partial charge is 0.474 e. The summed E-state index contributed by atoms with van der Waals surface area (Å²) in [4.78, 5) is 30.9. The fourth-order valence-corrected chi connectivity index (χ4v) is 3.18. The molecule has 0 atom stereocenters. The second-order valence-electron chi connectivity index (χ2n) is 6.58. The van der Waals surface area contributed by atoms with Crippen LogP contribution in [0.15, 0.2) is 30.5 Å². The highest BCUT2D eigenvalue weighted by molar-refractivity contribution is 6.36. The Bertz CT molecular complexity index is 891. The molecule has 0 saturated carbocycles. The molecule has 0 radical (unpaired) electrons. The fourth-order valence-electron chi connectivity index (χ4n) is 2.51. The lowest BCUT2D eigenvalue weighted by Crippen LogP contribution is -2.38. The molecule has 0 aliphatic carbocycles. The quantitative estimate of drug-likeness (QED) is 0.581. The van der Waals surface area contributed by atoms with Gasteiger partial charge in [-0.2, -0.15) is 0 Å². The van der Waals surface area contributed by atoms with Gasteiger partial charge >= 0.3 is 0 Å². The third kappa shape index (κ3) is 6.77. The van der Waals surface area contributed by atoms with Gasteiger partial charge in [0.05, 0.1) is 22.4 Å². The first-order valence-electron chi connectivity index (χ1n) is 9.07. The summed E-state index contributed by atoms with van der Waals surface area (Å²) >= 11 is 18.1. The number of nitrogens with one attached hydrogen (secondary N) is 1. The van der Waals surface area contributed by atoms with Crippen LogP contribution in [0.5, 0.6) is 5.88 Å². The van der Waals surface area contributed by atoms with Gasteiger partial charge in [-0.1, -0.05) is 41.7 Å². The normalized spacial score (nSPS) is 10.7. The summed E-state index contributed by atoms with van der Waals surface area (Å²) in [5, 5.41) is 3.70. The van der Waals surface area contributed by atoms with Crippen LogP contribution < -0.4 is 10.1 Å². The van der Waals surface area contributed by atoms with Crippen LogP contribution in [0.4, 0.5) is 5.69 Å². The number of rotatable bonds is 8. The van der Waals surface area contributed by atoms with Crippen LogP contribution >= 0.6 is 34.8 Å². The second kappa shape index (κ2) is 10.7. The van der Waals surface area contributed by atoms with Crippen molar-refractivity contribution in [3.05, 3.63) is 51.1 Å². The first-order valence-corrected chi connectivity index (χ1v) is 10.2. The summed E-state index contributed by atoms with van der Waals surface area (Å²) in [5.74, 6) is -0.472. The number of hydrogen-bond acceptors (Lipinski definition) is 4. The van der Waals surface area contributed by atoms with Crippen molar-refractivity contribution in [1.82, 2.24) is 9.88 Å². The lowest BCUT2D eigenvalue weighted by molar-refractivity contribution is -0.116. The molecular formula is C20H22Cl3N3O3. The molecule has 1 aromatic heterocycles. The van der Waals surface area contributed by atoms with Crippen LogP contribution in [-0.4, -0.2) is 40.9 Å². The van der Waals surface area contributed by atoms with E-state index in [1.807, 2.05) is 20.8 Å². The smallest absolute Gasteiger partial charge is 0.255 e. The Labute approximate surface area is 185 Å². The molecule has 2 rings (SSSR count). The van der Waals surface area contributed by atoms with Crippen molar-refractivity contribution in [2.24, 2.45) is 0 Å². The van der Waals surface area contributed by atoms with Gasteiger partial charge in [0, 0.05) is 17.8 Å². The van der Waals surface area contributed by atoms with E-state index in [9.17, 15) is 9.59 Å². The van der Waals surface area contributed by atoms with E-state index in [1.165, 1.54) is 23.2 Å². The SMILES string of the molecule is CCCN(CC(=O)Nc1ccc(Cl)cc1Cl)C(=O)c1cnc(OC(C)C)c(Cl)c1. The van der Waals surface area contributed by atoms with Gasteiger partial charge in [0.15, 0.2) is 0 Å². The molecule has 1 N–H and O–H groups in total. The van der Waals surface area contributed by atoms with E-state index >= 15 is 0 Å².